The zero-order chi connectivity index (χ0) is 17.6. The second-order valence-electron chi connectivity index (χ2n) is 5.26. The second-order valence-corrected chi connectivity index (χ2v) is 7.46. The zero-order valence-corrected chi connectivity index (χ0v) is 15.4. The highest BCUT2D eigenvalue weighted by Gasteiger charge is 2.26. The van der Waals surface area contributed by atoms with Crippen LogP contribution in [0.1, 0.15) is 19.8 Å². The largest absolute Gasteiger partial charge is 0.492 e. The van der Waals surface area contributed by atoms with E-state index in [1.807, 2.05) is 31.2 Å². The third kappa shape index (κ3) is 4.49. The maximum atomic E-state index is 12.1. The number of rotatable bonds is 7. The number of imide groups is 1. The first-order valence-corrected chi connectivity index (χ1v) is 9.76. The van der Waals surface area contributed by atoms with Crippen molar-refractivity contribution >= 4 is 45.7 Å². The van der Waals surface area contributed by atoms with Crippen molar-refractivity contribution in [2.75, 3.05) is 24.2 Å². The highest BCUT2D eigenvalue weighted by molar-refractivity contribution is 8.01. The number of para-hydroxylation sites is 2. The van der Waals surface area contributed by atoms with Crippen molar-refractivity contribution in [2.45, 2.75) is 24.1 Å². The molecule has 0 aliphatic carbocycles. The van der Waals surface area contributed by atoms with Crippen LogP contribution in [0.2, 0.25) is 0 Å². The highest BCUT2D eigenvalue weighted by atomic mass is 32.2. The van der Waals surface area contributed by atoms with Crippen LogP contribution in [-0.4, -0.2) is 45.8 Å². The summed E-state index contributed by atoms with van der Waals surface area (Å²) < 4.78 is 6.25. The summed E-state index contributed by atoms with van der Waals surface area (Å²) in [5, 5.41) is 12.0. The Morgan fingerprint density at radius 1 is 1.40 bits per heavy atom. The second kappa shape index (κ2) is 8.30. The molecule has 1 aromatic carbocycles. The Labute approximate surface area is 153 Å². The first-order valence-electron chi connectivity index (χ1n) is 7.95. The number of carbonyl (C=O) groups excluding carboxylic acids is 2. The van der Waals surface area contributed by atoms with E-state index in [0.717, 1.165) is 17.9 Å². The first kappa shape index (κ1) is 17.7. The molecule has 1 N–H and O–H groups in total. The van der Waals surface area contributed by atoms with Gasteiger partial charge in [-0.15, -0.1) is 10.2 Å². The minimum absolute atomic E-state index is 0.0854. The lowest BCUT2D eigenvalue weighted by atomic mass is 10.3. The SMILES string of the molecule is CCOc1ccccc1Nc1nnc(SCC(=O)N2CCCC2=O)s1. The lowest BCUT2D eigenvalue weighted by Crippen LogP contribution is -2.33. The van der Waals surface area contributed by atoms with Crippen LogP contribution in [0.3, 0.4) is 0 Å². The van der Waals surface area contributed by atoms with Crippen molar-refractivity contribution in [1.29, 1.82) is 0 Å². The third-order valence-electron chi connectivity index (χ3n) is 3.53. The van der Waals surface area contributed by atoms with Gasteiger partial charge in [0.15, 0.2) is 4.34 Å². The number of anilines is 2. The normalized spacial score (nSPS) is 14.0. The predicted octanol–water partition coefficient (Wildman–Crippen LogP) is 2.92. The van der Waals surface area contributed by atoms with E-state index in [0.29, 0.717) is 29.0 Å². The van der Waals surface area contributed by atoms with Crippen LogP contribution in [0.15, 0.2) is 28.6 Å². The first-order chi connectivity index (χ1) is 12.2. The summed E-state index contributed by atoms with van der Waals surface area (Å²) in [6.45, 7) is 3.03. The van der Waals surface area contributed by atoms with E-state index in [1.165, 1.54) is 28.0 Å². The van der Waals surface area contributed by atoms with Gasteiger partial charge in [-0.2, -0.15) is 0 Å². The average Bonchev–Trinajstić information content (AvgIpc) is 3.24. The molecule has 1 fully saturated rings. The van der Waals surface area contributed by atoms with Crippen molar-refractivity contribution < 1.29 is 14.3 Å². The number of ether oxygens (including phenoxy) is 1. The van der Waals surface area contributed by atoms with Gasteiger partial charge in [0.1, 0.15) is 5.75 Å². The number of amides is 2. The number of hydrogen-bond donors (Lipinski definition) is 1. The van der Waals surface area contributed by atoms with Gasteiger partial charge >= 0.3 is 0 Å². The Bertz CT molecular complexity index is 765. The van der Waals surface area contributed by atoms with E-state index in [-0.39, 0.29) is 17.6 Å². The number of carbonyl (C=O) groups is 2. The molecule has 1 aliphatic rings. The number of likely N-dealkylation sites (tertiary alicyclic amines) is 1. The van der Waals surface area contributed by atoms with Crippen LogP contribution in [0.25, 0.3) is 0 Å². The summed E-state index contributed by atoms with van der Waals surface area (Å²) in [6.07, 6.45) is 1.21. The van der Waals surface area contributed by atoms with Crippen LogP contribution in [0.5, 0.6) is 5.75 Å². The Kier molecular flexibility index (Phi) is 5.87. The molecule has 3 rings (SSSR count). The molecule has 0 atom stereocenters. The molecule has 0 saturated carbocycles. The van der Waals surface area contributed by atoms with E-state index in [9.17, 15) is 9.59 Å². The van der Waals surface area contributed by atoms with Gasteiger partial charge < -0.3 is 10.1 Å². The maximum Gasteiger partial charge on any atom is 0.239 e. The summed E-state index contributed by atoms with van der Waals surface area (Å²) >= 11 is 2.65. The van der Waals surface area contributed by atoms with E-state index in [4.69, 9.17) is 4.74 Å². The molecule has 9 heteroatoms. The van der Waals surface area contributed by atoms with Gasteiger partial charge in [0.2, 0.25) is 16.9 Å². The highest BCUT2D eigenvalue weighted by Crippen LogP contribution is 2.31. The van der Waals surface area contributed by atoms with Crippen molar-refractivity contribution in [3.05, 3.63) is 24.3 Å². The van der Waals surface area contributed by atoms with Crippen molar-refractivity contribution in [1.82, 2.24) is 15.1 Å². The number of nitrogens with zero attached hydrogens (tertiary/aromatic N) is 3. The smallest absolute Gasteiger partial charge is 0.239 e. The Hall–Kier alpha value is -2.13. The van der Waals surface area contributed by atoms with Crippen LogP contribution < -0.4 is 10.1 Å². The maximum absolute atomic E-state index is 12.1. The van der Waals surface area contributed by atoms with Gasteiger partial charge in [0.05, 0.1) is 18.0 Å². The average molecular weight is 378 g/mol. The fourth-order valence-electron chi connectivity index (χ4n) is 2.40. The minimum atomic E-state index is -0.168. The van der Waals surface area contributed by atoms with E-state index >= 15 is 0 Å². The predicted molar refractivity (Wildman–Crippen MR) is 97.5 cm³/mol. The van der Waals surface area contributed by atoms with E-state index < -0.39 is 0 Å². The molecule has 0 unspecified atom stereocenters. The fourth-order valence-corrected chi connectivity index (χ4v) is 4.04. The molecule has 2 heterocycles. The summed E-state index contributed by atoms with van der Waals surface area (Å²) in [5.74, 6) is 0.685. The molecule has 1 aliphatic heterocycles. The summed E-state index contributed by atoms with van der Waals surface area (Å²) in [5.41, 5.74) is 0.816. The molecule has 25 heavy (non-hydrogen) atoms. The molecule has 1 saturated heterocycles. The van der Waals surface area contributed by atoms with Gasteiger partial charge in [-0.05, 0) is 25.5 Å². The molecule has 2 aromatic rings. The van der Waals surface area contributed by atoms with Gasteiger partial charge in [0.25, 0.3) is 0 Å². The Balaban J connectivity index is 1.57. The van der Waals surface area contributed by atoms with Crippen LogP contribution in [0, 0.1) is 0 Å². The van der Waals surface area contributed by atoms with Crippen molar-refractivity contribution in [3.63, 3.8) is 0 Å². The third-order valence-corrected chi connectivity index (χ3v) is 5.49. The fraction of sp³-hybridized carbons (Fsp3) is 0.375. The van der Waals surface area contributed by atoms with Gasteiger partial charge in [-0.1, -0.05) is 35.2 Å². The summed E-state index contributed by atoms with van der Waals surface area (Å²) in [7, 11) is 0. The van der Waals surface area contributed by atoms with Gasteiger partial charge in [-0.3, -0.25) is 14.5 Å². The summed E-state index contributed by atoms with van der Waals surface area (Å²) in [4.78, 5) is 24.9. The monoisotopic (exact) mass is 378 g/mol. The lowest BCUT2D eigenvalue weighted by molar-refractivity contribution is -0.140. The van der Waals surface area contributed by atoms with Gasteiger partial charge in [0, 0.05) is 13.0 Å². The number of aromatic nitrogens is 2. The van der Waals surface area contributed by atoms with Crippen LogP contribution in [0.4, 0.5) is 10.8 Å². The van der Waals surface area contributed by atoms with Crippen LogP contribution >= 0.6 is 23.1 Å². The van der Waals surface area contributed by atoms with E-state index in [1.54, 1.807) is 0 Å². The lowest BCUT2D eigenvalue weighted by Gasteiger charge is -2.11. The number of hydrogen-bond acceptors (Lipinski definition) is 8. The van der Waals surface area contributed by atoms with Crippen LogP contribution in [-0.2, 0) is 9.59 Å². The quantitative estimate of drug-likeness (QED) is 0.742. The molecular weight excluding hydrogens is 360 g/mol. The zero-order valence-electron chi connectivity index (χ0n) is 13.7. The topological polar surface area (TPSA) is 84.4 Å². The molecule has 2 amide bonds. The van der Waals surface area contributed by atoms with Gasteiger partial charge in [-0.25, -0.2) is 0 Å². The summed E-state index contributed by atoms with van der Waals surface area (Å²) in [6, 6.07) is 7.60. The number of nitrogens with one attached hydrogen (secondary N) is 1. The minimum Gasteiger partial charge on any atom is -0.492 e. The van der Waals surface area contributed by atoms with E-state index in [2.05, 4.69) is 15.5 Å². The van der Waals surface area contributed by atoms with Crippen molar-refractivity contribution in [2.24, 2.45) is 0 Å². The Morgan fingerprint density at radius 2 is 2.24 bits per heavy atom. The standard InChI is InChI=1S/C16H18N4O3S2/c1-2-23-12-7-4-3-6-11(12)17-15-18-19-16(25-15)24-10-14(22)20-9-5-8-13(20)21/h3-4,6-7H,2,5,8-10H2,1H3,(H,17,18). The van der Waals surface area contributed by atoms with Crippen molar-refractivity contribution in [3.8, 4) is 5.75 Å². The molecule has 0 bridgehead atoms. The molecule has 0 radical (unpaired) electrons. The number of thioether (sulfide) groups is 1. The molecule has 132 valence electrons. The molecular formula is C16H18N4O3S2. The Morgan fingerprint density at radius 3 is 3.00 bits per heavy atom. The molecule has 1 aromatic heterocycles. The number of benzene rings is 1. The molecule has 7 nitrogen and oxygen atoms in total. The molecule has 0 spiro atoms.